The third kappa shape index (κ3) is 4.16. The first-order valence-electron chi connectivity index (χ1n) is 9.09. The zero-order chi connectivity index (χ0) is 18.0. The van der Waals surface area contributed by atoms with Crippen LogP contribution in [0.25, 0.3) is 0 Å². The Balaban J connectivity index is 1.62. The molecule has 0 spiro atoms. The van der Waals surface area contributed by atoms with E-state index in [2.05, 4.69) is 13.0 Å². The van der Waals surface area contributed by atoms with Crippen molar-refractivity contribution in [3.05, 3.63) is 58.2 Å². The molecular formula is C22H26O3. The number of allylic oxidation sites excluding steroid dienone is 4. The zero-order valence-corrected chi connectivity index (χ0v) is 15.3. The number of rotatable bonds is 5. The summed E-state index contributed by atoms with van der Waals surface area (Å²) in [5, 5.41) is 0. The standard InChI is InChI=1S/C22H26O3/c1-14-10-15(2)20(22(24)11-14)8-9-21(23)18-6-4-17(5-7-18)19-12-16(3)25-13-19/h4-7,10,16,19H,8-9,11-13H2,1-3H3. The molecule has 3 nitrogen and oxygen atoms in total. The number of ketones is 2. The number of benzene rings is 1. The lowest BCUT2D eigenvalue weighted by Gasteiger charge is -2.15. The molecular weight excluding hydrogens is 312 g/mol. The minimum atomic E-state index is 0.0990. The van der Waals surface area contributed by atoms with Gasteiger partial charge < -0.3 is 4.74 Å². The fourth-order valence-corrected chi connectivity index (χ4v) is 3.80. The van der Waals surface area contributed by atoms with E-state index in [4.69, 9.17) is 4.74 Å². The van der Waals surface area contributed by atoms with E-state index in [0.29, 0.717) is 31.3 Å². The minimum absolute atomic E-state index is 0.0990. The van der Waals surface area contributed by atoms with Crippen LogP contribution in [0.4, 0.5) is 0 Å². The molecule has 1 saturated heterocycles. The van der Waals surface area contributed by atoms with Gasteiger partial charge in [0.15, 0.2) is 11.6 Å². The Hall–Kier alpha value is -2.00. The Morgan fingerprint density at radius 1 is 1.20 bits per heavy atom. The maximum absolute atomic E-state index is 12.5. The van der Waals surface area contributed by atoms with Crippen molar-refractivity contribution < 1.29 is 14.3 Å². The summed E-state index contributed by atoms with van der Waals surface area (Å²) in [5.41, 5.74) is 4.88. The highest BCUT2D eigenvalue weighted by atomic mass is 16.5. The molecule has 3 heteroatoms. The maximum Gasteiger partial charge on any atom is 0.163 e. The van der Waals surface area contributed by atoms with E-state index < -0.39 is 0 Å². The number of hydrogen-bond donors (Lipinski definition) is 0. The van der Waals surface area contributed by atoms with Crippen LogP contribution in [0.3, 0.4) is 0 Å². The third-order valence-electron chi connectivity index (χ3n) is 5.22. The maximum atomic E-state index is 12.5. The van der Waals surface area contributed by atoms with E-state index in [9.17, 15) is 9.59 Å². The smallest absolute Gasteiger partial charge is 0.163 e. The SMILES string of the molecule is CC1=CC(C)=C(CCC(=O)c2ccc(C3COC(C)C3)cc2)C(=O)C1. The van der Waals surface area contributed by atoms with Gasteiger partial charge in [-0.2, -0.15) is 0 Å². The highest BCUT2D eigenvalue weighted by molar-refractivity contribution is 6.01. The van der Waals surface area contributed by atoms with Gasteiger partial charge in [-0.1, -0.05) is 35.9 Å². The lowest BCUT2D eigenvalue weighted by atomic mass is 9.88. The fourth-order valence-electron chi connectivity index (χ4n) is 3.80. The van der Waals surface area contributed by atoms with Gasteiger partial charge >= 0.3 is 0 Å². The highest BCUT2D eigenvalue weighted by Gasteiger charge is 2.23. The van der Waals surface area contributed by atoms with E-state index in [1.807, 2.05) is 38.1 Å². The Morgan fingerprint density at radius 2 is 1.92 bits per heavy atom. The number of carbonyl (C=O) groups is 2. The quantitative estimate of drug-likeness (QED) is 0.726. The second-order valence-corrected chi connectivity index (χ2v) is 7.37. The zero-order valence-electron chi connectivity index (χ0n) is 15.3. The molecule has 0 bridgehead atoms. The molecule has 1 aromatic carbocycles. The van der Waals surface area contributed by atoms with E-state index in [1.54, 1.807) is 0 Å². The van der Waals surface area contributed by atoms with Crippen molar-refractivity contribution >= 4 is 11.6 Å². The van der Waals surface area contributed by atoms with Crippen molar-refractivity contribution in [1.82, 2.24) is 0 Å². The molecule has 0 aromatic heterocycles. The number of hydrogen-bond acceptors (Lipinski definition) is 3. The second-order valence-electron chi connectivity index (χ2n) is 7.37. The molecule has 1 heterocycles. The van der Waals surface area contributed by atoms with Crippen LogP contribution in [0, 0.1) is 0 Å². The van der Waals surface area contributed by atoms with Gasteiger partial charge in [-0.05, 0) is 50.3 Å². The van der Waals surface area contributed by atoms with Crippen LogP contribution in [0.15, 0.2) is 47.1 Å². The largest absolute Gasteiger partial charge is 0.378 e. The van der Waals surface area contributed by atoms with Gasteiger partial charge in [0.25, 0.3) is 0 Å². The summed E-state index contributed by atoms with van der Waals surface area (Å²) < 4.78 is 5.62. The topological polar surface area (TPSA) is 43.4 Å². The van der Waals surface area contributed by atoms with Crippen molar-refractivity contribution in [2.75, 3.05) is 6.61 Å². The normalized spacial score (nSPS) is 23.8. The first-order chi connectivity index (χ1) is 11.9. The van der Waals surface area contributed by atoms with Gasteiger partial charge in [0.05, 0.1) is 12.7 Å². The highest BCUT2D eigenvalue weighted by Crippen LogP contribution is 2.29. The number of Topliss-reactive ketones (excluding diaryl/α,β-unsaturated/α-hetero) is 2. The van der Waals surface area contributed by atoms with Crippen LogP contribution in [-0.2, 0) is 9.53 Å². The van der Waals surface area contributed by atoms with Crippen molar-refractivity contribution in [2.45, 2.75) is 58.5 Å². The second kappa shape index (κ2) is 7.49. The van der Waals surface area contributed by atoms with E-state index in [0.717, 1.165) is 35.3 Å². The van der Waals surface area contributed by atoms with Crippen molar-refractivity contribution in [1.29, 1.82) is 0 Å². The summed E-state index contributed by atoms with van der Waals surface area (Å²) in [5.74, 6) is 0.694. The van der Waals surface area contributed by atoms with E-state index in [1.165, 1.54) is 5.56 Å². The third-order valence-corrected chi connectivity index (χ3v) is 5.22. The fraction of sp³-hybridized carbons (Fsp3) is 0.455. The van der Waals surface area contributed by atoms with Crippen LogP contribution in [0.5, 0.6) is 0 Å². The van der Waals surface area contributed by atoms with Crippen molar-refractivity contribution in [3.63, 3.8) is 0 Å². The molecule has 2 unspecified atom stereocenters. The average molecular weight is 338 g/mol. The number of ether oxygens (including phenoxy) is 1. The molecule has 0 amide bonds. The number of carbonyl (C=O) groups excluding carboxylic acids is 2. The molecule has 1 aromatic rings. The molecule has 132 valence electrons. The van der Waals surface area contributed by atoms with Crippen LogP contribution in [0.2, 0.25) is 0 Å². The molecule has 2 aliphatic rings. The lowest BCUT2D eigenvalue weighted by Crippen LogP contribution is -2.11. The first kappa shape index (κ1) is 17.8. The summed E-state index contributed by atoms with van der Waals surface area (Å²) in [6.45, 7) is 6.79. The minimum Gasteiger partial charge on any atom is -0.378 e. The summed E-state index contributed by atoms with van der Waals surface area (Å²) in [7, 11) is 0. The van der Waals surface area contributed by atoms with Gasteiger partial charge in [-0.25, -0.2) is 0 Å². The molecule has 0 saturated carbocycles. The van der Waals surface area contributed by atoms with E-state index in [-0.39, 0.29) is 11.6 Å². The van der Waals surface area contributed by atoms with E-state index >= 15 is 0 Å². The summed E-state index contributed by atoms with van der Waals surface area (Å²) in [4.78, 5) is 24.6. The van der Waals surface area contributed by atoms with Crippen LogP contribution in [0.1, 0.15) is 68.3 Å². The predicted octanol–water partition coefficient (Wildman–Crippen LogP) is 4.78. The Bertz CT molecular complexity index is 737. The Labute approximate surface area is 149 Å². The first-order valence-corrected chi connectivity index (χ1v) is 9.09. The van der Waals surface area contributed by atoms with Crippen LogP contribution >= 0.6 is 0 Å². The molecule has 1 fully saturated rings. The summed E-state index contributed by atoms with van der Waals surface area (Å²) in [6, 6.07) is 7.91. The molecule has 3 rings (SSSR count). The molecule has 25 heavy (non-hydrogen) atoms. The van der Waals surface area contributed by atoms with Crippen molar-refractivity contribution in [2.24, 2.45) is 0 Å². The molecule has 1 aliphatic carbocycles. The van der Waals surface area contributed by atoms with Gasteiger partial charge in [-0.3, -0.25) is 9.59 Å². The van der Waals surface area contributed by atoms with Gasteiger partial charge in [-0.15, -0.1) is 0 Å². The predicted molar refractivity (Wildman–Crippen MR) is 98.9 cm³/mol. The lowest BCUT2D eigenvalue weighted by molar-refractivity contribution is -0.115. The monoisotopic (exact) mass is 338 g/mol. The molecule has 0 radical (unpaired) electrons. The molecule has 0 N–H and O–H groups in total. The van der Waals surface area contributed by atoms with Gasteiger partial charge in [0.2, 0.25) is 0 Å². The molecule has 2 atom stereocenters. The molecule has 1 aliphatic heterocycles. The van der Waals surface area contributed by atoms with Crippen molar-refractivity contribution in [3.8, 4) is 0 Å². The summed E-state index contributed by atoms with van der Waals surface area (Å²) >= 11 is 0. The van der Waals surface area contributed by atoms with Gasteiger partial charge in [0.1, 0.15) is 0 Å². The Kier molecular flexibility index (Phi) is 5.33. The van der Waals surface area contributed by atoms with Crippen LogP contribution in [-0.4, -0.2) is 24.3 Å². The Morgan fingerprint density at radius 3 is 2.52 bits per heavy atom. The van der Waals surface area contributed by atoms with Gasteiger partial charge in [0, 0.05) is 24.3 Å². The van der Waals surface area contributed by atoms with Crippen LogP contribution < -0.4 is 0 Å². The average Bonchev–Trinajstić information content (AvgIpc) is 3.00. The summed E-state index contributed by atoms with van der Waals surface area (Å²) in [6.07, 6.45) is 4.80.